The molecule has 1 aliphatic rings. The molecule has 2 nitrogen and oxygen atoms in total. The first kappa shape index (κ1) is 15.6. The van der Waals surface area contributed by atoms with Crippen molar-refractivity contribution in [1.29, 1.82) is 0 Å². The SMILES string of the molecule is C=C1C=C[C](OC)C(OC)=C1.[Br-].[Zn]. The van der Waals surface area contributed by atoms with Gasteiger partial charge in [-0.25, -0.2) is 0 Å². The van der Waals surface area contributed by atoms with E-state index in [1.165, 1.54) is 0 Å². The summed E-state index contributed by atoms with van der Waals surface area (Å²) in [5, 5.41) is 0. The fourth-order valence-corrected chi connectivity index (χ4v) is 0.881. The van der Waals surface area contributed by atoms with Crippen molar-refractivity contribution in [1.82, 2.24) is 0 Å². The van der Waals surface area contributed by atoms with Crippen LogP contribution in [0.15, 0.2) is 36.1 Å². The quantitative estimate of drug-likeness (QED) is 0.598. The molecule has 0 fully saturated rings. The molecule has 69 valence electrons. The van der Waals surface area contributed by atoms with Crippen LogP contribution in [-0.2, 0) is 29.0 Å². The Balaban J connectivity index is 0. The molecular formula is C9H11BrO2Zn-. The van der Waals surface area contributed by atoms with Crippen molar-refractivity contribution in [3.05, 3.63) is 42.2 Å². The van der Waals surface area contributed by atoms with Crippen LogP contribution in [0.2, 0.25) is 0 Å². The van der Waals surface area contributed by atoms with Gasteiger partial charge in [-0.05, 0) is 17.7 Å². The molecule has 1 radical (unpaired) electrons. The fourth-order valence-electron chi connectivity index (χ4n) is 0.881. The minimum atomic E-state index is 0. The summed E-state index contributed by atoms with van der Waals surface area (Å²) in [6, 6.07) is 0. The van der Waals surface area contributed by atoms with Crippen molar-refractivity contribution in [2.45, 2.75) is 0 Å². The van der Waals surface area contributed by atoms with Gasteiger partial charge in [0.05, 0.1) is 7.11 Å². The zero-order chi connectivity index (χ0) is 8.27. The Bertz CT molecular complexity index is 224. The maximum absolute atomic E-state index is 5.05. The van der Waals surface area contributed by atoms with Gasteiger partial charge in [-0.15, -0.1) is 0 Å². The Hall–Kier alpha value is 0.0834. The van der Waals surface area contributed by atoms with E-state index in [1.807, 2.05) is 18.2 Å². The molecule has 0 bridgehead atoms. The Morgan fingerprint density at radius 3 is 2.23 bits per heavy atom. The number of rotatable bonds is 2. The monoisotopic (exact) mass is 294 g/mol. The van der Waals surface area contributed by atoms with Gasteiger partial charge in [0, 0.05) is 26.6 Å². The van der Waals surface area contributed by atoms with Crippen LogP contribution in [0.5, 0.6) is 0 Å². The van der Waals surface area contributed by atoms with E-state index in [0.717, 1.165) is 17.4 Å². The van der Waals surface area contributed by atoms with E-state index in [0.29, 0.717) is 0 Å². The van der Waals surface area contributed by atoms with Crippen molar-refractivity contribution in [3.63, 3.8) is 0 Å². The molecule has 0 saturated heterocycles. The molecule has 0 unspecified atom stereocenters. The summed E-state index contributed by atoms with van der Waals surface area (Å²) in [6.07, 6.45) is 6.28. The van der Waals surface area contributed by atoms with Gasteiger partial charge in [0.2, 0.25) is 0 Å². The molecule has 0 saturated carbocycles. The summed E-state index contributed by atoms with van der Waals surface area (Å²) >= 11 is 0. The maximum Gasteiger partial charge on any atom is 0.182 e. The van der Waals surface area contributed by atoms with E-state index < -0.39 is 0 Å². The summed E-state index contributed by atoms with van der Waals surface area (Å²) < 4.78 is 10.1. The van der Waals surface area contributed by atoms with Crippen LogP contribution in [0.3, 0.4) is 0 Å². The zero-order valence-electron chi connectivity index (χ0n) is 7.84. The molecule has 0 aliphatic heterocycles. The molecule has 0 atom stereocenters. The Labute approximate surface area is 102 Å². The molecule has 4 heteroatoms. The molecule has 1 rings (SSSR count). The van der Waals surface area contributed by atoms with Crippen LogP contribution in [0.4, 0.5) is 0 Å². The number of hydrogen-bond acceptors (Lipinski definition) is 2. The van der Waals surface area contributed by atoms with Crippen LogP contribution in [0.1, 0.15) is 0 Å². The summed E-state index contributed by atoms with van der Waals surface area (Å²) in [5.74, 6) is 0.722. The molecule has 0 aromatic rings. The number of allylic oxidation sites excluding steroid dienone is 3. The van der Waals surface area contributed by atoms with Crippen LogP contribution in [0, 0.1) is 6.10 Å². The first-order valence-electron chi connectivity index (χ1n) is 3.32. The number of halogens is 1. The van der Waals surface area contributed by atoms with Gasteiger partial charge in [-0.1, -0.05) is 12.7 Å². The predicted molar refractivity (Wildman–Crippen MR) is 43.6 cm³/mol. The molecule has 0 N–H and O–H groups in total. The number of methoxy groups -OCH3 is 2. The second-order valence-electron chi connectivity index (χ2n) is 2.19. The summed E-state index contributed by atoms with van der Waals surface area (Å²) in [6.45, 7) is 3.77. The minimum Gasteiger partial charge on any atom is -1.00 e. The summed E-state index contributed by atoms with van der Waals surface area (Å²) in [4.78, 5) is 0. The van der Waals surface area contributed by atoms with Crippen LogP contribution < -0.4 is 17.0 Å². The van der Waals surface area contributed by atoms with Crippen molar-refractivity contribution < 1.29 is 45.9 Å². The van der Waals surface area contributed by atoms with E-state index in [-0.39, 0.29) is 36.5 Å². The average Bonchev–Trinajstić information content (AvgIpc) is 2.04. The molecule has 13 heavy (non-hydrogen) atoms. The van der Waals surface area contributed by atoms with Crippen LogP contribution in [0.25, 0.3) is 0 Å². The van der Waals surface area contributed by atoms with Crippen LogP contribution >= 0.6 is 0 Å². The van der Waals surface area contributed by atoms with Gasteiger partial charge < -0.3 is 26.5 Å². The van der Waals surface area contributed by atoms with Gasteiger partial charge in [0.25, 0.3) is 0 Å². The second-order valence-corrected chi connectivity index (χ2v) is 2.19. The Morgan fingerprint density at radius 1 is 1.15 bits per heavy atom. The first-order chi connectivity index (χ1) is 5.27. The van der Waals surface area contributed by atoms with Crippen molar-refractivity contribution in [2.75, 3.05) is 14.2 Å². The van der Waals surface area contributed by atoms with Crippen molar-refractivity contribution in [3.8, 4) is 0 Å². The number of ether oxygens (including phenoxy) is 2. The van der Waals surface area contributed by atoms with Gasteiger partial charge in [0.15, 0.2) is 6.10 Å². The molecule has 1 aliphatic carbocycles. The second kappa shape index (κ2) is 7.48. The minimum absolute atomic E-state index is 0. The standard InChI is InChI=1S/C9H11O2.BrH.Zn/c1-7-4-5-8(10-2)9(6-7)11-3;;/h4-6H,1H2,2-3H3;1H;/p-1. The molecule has 0 amide bonds. The fraction of sp³-hybridized carbons (Fsp3) is 0.222. The first-order valence-corrected chi connectivity index (χ1v) is 3.32. The third-order valence-corrected chi connectivity index (χ3v) is 1.45. The van der Waals surface area contributed by atoms with E-state index >= 15 is 0 Å². The van der Waals surface area contributed by atoms with E-state index in [1.54, 1.807) is 14.2 Å². The third kappa shape index (κ3) is 4.21. The molecular weight excluding hydrogens is 285 g/mol. The van der Waals surface area contributed by atoms with E-state index in [2.05, 4.69) is 6.58 Å². The molecule has 0 aromatic heterocycles. The smallest absolute Gasteiger partial charge is 0.182 e. The van der Waals surface area contributed by atoms with Gasteiger partial charge in [-0.3, -0.25) is 0 Å². The van der Waals surface area contributed by atoms with Gasteiger partial charge in [0.1, 0.15) is 5.76 Å². The van der Waals surface area contributed by atoms with E-state index in [4.69, 9.17) is 9.47 Å². The average molecular weight is 296 g/mol. The topological polar surface area (TPSA) is 18.5 Å². The molecule has 0 spiro atoms. The largest absolute Gasteiger partial charge is 1.00 e. The van der Waals surface area contributed by atoms with Crippen molar-refractivity contribution >= 4 is 0 Å². The third-order valence-electron chi connectivity index (χ3n) is 1.45. The zero-order valence-corrected chi connectivity index (χ0v) is 12.4. The summed E-state index contributed by atoms with van der Waals surface area (Å²) in [7, 11) is 3.22. The van der Waals surface area contributed by atoms with Crippen molar-refractivity contribution in [2.24, 2.45) is 0 Å². The molecule has 0 heterocycles. The predicted octanol–water partition coefficient (Wildman–Crippen LogP) is -1.18. The normalized spacial score (nSPS) is 15.5. The maximum atomic E-state index is 5.05. The number of hydrogen-bond donors (Lipinski definition) is 0. The Morgan fingerprint density at radius 2 is 1.77 bits per heavy atom. The van der Waals surface area contributed by atoms with E-state index in [9.17, 15) is 0 Å². The van der Waals surface area contributed by atoms with Gasteiger partial charge in [-0.2, -0.15) is 0 Å². The van der Waals surface area contributed by atoms with Crippen LogP contribution in [-0.4, -0.2) is 14.2 Å². The Kier molecular flexibility index (Phi) is 8.95. The van der Waals surface area contributed by atoms with Gasteiger partial charge >= 0.3 is 0 Å². The summed E-state index contributed by atoms with van der Waals surface area (Å²) in [5.41, 5.74) is 0.919. The molecule has 0 aromatic carbocycles.